The summed E-state index contributed by atoms with van der Waals surface area (Å²) < 4.78 is 13.7. The molecule has 28 heavy (non-hydrogen) atoms. The van der Waals surface area contributed by atoms with Gasteiger partial charge in [0, 0.05) is 30.9 Å². The molecule has 0 aliphatic rings. The first-order valence-corrected chi connectivity index (χ1v) is 9.33. The molecule has 0 spiro atoms. The average molecular weight is 377 g/mol. The van der Waals surface area contributed by atoms with E-state index in [0.29, 0.717) is 11.1 Å². The summed E-state index contributed by atoms with van der Waals surface area (Å²) in [5.74, 6) is 0.204. The Bertz CT molecular complexity index is 911. The van der Waals surface area contributed by atoms with Gasteiger partial charge in [0.05, 0.1) is 5.56 Å². The van der Waals surface area contributed by atoms with Gasteiger partial charge in [-0.3, -0.25) is 4.79 Å². The fourth-order valence-corrected chi connectivity index (χ4v) is 2.92. The molecule has 0 atom stereocenters. The van der Waals surface area contributed by atoms with E-state index in [1.54, 1.807) is 30.5 Å². The topological polar surface area (TPSA) is 45.2 Å². The zero-order valence-electron chi connectivity index (χ0n) is 16.1. The Morgan fingerprint density at radius 1 is 1.04 bits per heavy atom. The number of aromatic nitrogens is 1. The first-order valence-electron chi connectivity index (χ1n) is 9.33. The highest BCUT2D eigenvalue weighted by Gasteiger charge is 2.14. The molecule has 2 aromatic carbocycles. The summed E-state index contributed by atoms with van der Waals surface area (Å²) in [5.41, 5.74) is 2.10. The van der Waals surface area contributed by atoms with Gasteiger partial charge in [0.1, 0.15) is 11.6 Å². The molecule has 0 saturated heterocycles. The number of halogens is 1. The van der Waals surface area contributed by atoms with Crippen LogP contribution < -0.4 is 10.2 Å². The molecule has 0 unspecified atom stereocenters. The van der Waals surface area contributed by atoms with Gasteiger partial charge in [0.2, 0.25) is 0 Å². The zero-order valence-corrected chi connectivity index (χ0v) is 16.1. The Morgan fingerprint density at radius 2 is 1.75 bits per heavy atom. The summed E-state index contributed by atoms with van der Waals surface area (Å²) >= 11 is 0. The third-order valence-corrected chi connectivity index (χ3v) is 4.52. The van der Waals surface area contributed by atoms with Crippen LogP contribution in [0.3, 0.4) is 0 Å². The summed E-state index contributed by atoms with van der Waals surface area (Å²) in [6, 6.07) is 20.5. The van der Waals surface area contributed by atoms with Crippen molar-refractivity contribution in [3.8, 4) is 0 Å². The van der Waals surface area contributed by atoms with Crippen molar-refractivity contribution in [1.82, 2.24) is 10.3 Å². The van der Waals surface area contributed by atoms with Gasteiger partial charge in [0.15, 0.2) is 0 Å². The number of amides is 1. The Labute approximate surface area is 165 Å². The number of nitrogens with zero attached hydrogens (tertiary/aromatic N) is 2. The predicted molar refractivity (Wildman–Crippen MR) is 110 cm³/mol. The number of nitrogens with one attached hydrogen (secondary N) is 1. The lowest BCUT2D eigenvalue weighted by atomic mass is 10.1. The maximum Gasteiger partial charge on any atom is 0.253 e. The molecule has 0 saturated carbocycles. The molecular weight excluding hydrogens is 353 g/mol. The van der Waals surface area contributed by atoms with Gasteiger partial charge in [-0.1, -0.05) is 48.5 Å². The number of carbonyl (C=O) groups excluding carboxylic acids is 1. The van der Waals surface area contributed by atoms with Gasteiger partial charge in [-0.2, -0.15) is 0 Å². The van der Waals surface area contributed by atoms with Gasteiger partial charge < -0.3 is 10.2 Å². The standard InChI is InChI=1S/C23H24FN3O/c1-17(2)27(16-18-8-4-3-5-9-18)22-13-12-20(15-25-22)23(28)26-14-19-10-6-7-11-21(19)24/h3-13,15,17H,14,16H2,1-2H3,(H,26,28). The number of hydrogen-bond acceptors (Lipinski definition) is 3. The first kappa shape index (κ1) is 19.5. The minimum absolute atomic E-state index is 0.138. The Balaban J connectivity index is 1.67. The van der Waals surface area contributed by atoms with Crippen LogP contribution in [0.15, 0.2) is 72.9 Å². The van der Waals surface area contributed by atoms with Gasteiger partial charge in [0.25, 0.3) is 5.91 Å². The molecule has 144 valence electrons. The van der Waals surface area contributed by atoms with E-state index in [4.69, 9.17) is 0 Å². The Kier molecular flexibility index (Phi) is 6.37. The van der Waals surface area contributed by atoms with Gasteiger partial charge in [-0.05, 0) is 37.6 Å². The van der Waals surface area contributed by atoms with Crippen LogP contribution in [0.2, 0.25) is 0 Å². The third kappa shape index (κ3) is 4.94. The molecule has 0 fully saturated rings. The molecule has 4 nitrogen and oxygen atoms in total. The van der Waals surface area contributed by atoms with E-state index in [2.05, 4.69) is 41.2 Å². The van der Waals surface area contributed by atoms with Crippen LogP contribution in [0.1, 0.15) is 35.3 Å². The highest BCUT2D eigenvalue weighted by atomic mass is 19.1. The summed E-state index contributed by atoms with van der Waals surface area (Å²) in [7, 11) is 0. The number of rotatable bonds is 7. The van der Waals surface area contributed by atoms with Crippen LogP contribution in [0.4, 0.5) is 10.2 Å². The molecular formula is C23H24FN3O. The molecule has 1 aromatic heterocycles. The van der Waals surface area contributed by atoms with Crippen LogP contribution in [0.5, 0.6) is 0 Å². The lowest BCUT2D eigenvalue weighted by molar-refractivity contribution is 0.0950. The summed E-state index contributed by atoms with van der Waals surface area (Å²) in [6.45, 7) is 5.10. The quantitative estimate of drug-likeness (QED) is 0.656. The molecule has 1 amide bonds. The molecule has 0 bridgehead atoms. The van der Waals surface area contributed by atoms with Crippen molar-refractivity contribution in [2.24, 2.45) is 0 Å². The van der Waals surface area contributed by atoms with Crippen LogP contribution in [-0.2, 0) is 13.1 Å². The lowest BCUT2D eigenvalue weighted by Gasteiger charge is -2.28. The van der Waals surface area contributed by atoms with Crippen molar-refractivity contribution in [2.45, 2.75) is 33.0 Å². The summed E-state index contributed by atoms with van der Waals surface area (Å²) in [6.07, 6.45) is 1.56. The molecule has 3 aromatic rings. The van der Waals surface area contributed by atoms with Crippen molar-refractivity contribution in [3.05, 3.63) is 95.4 Å². The second-order valence-corrected chi connectivity index (χ2v) is 6.89. The molecule has 0 radical (unpaired) electrons. The minimum Gasteiger partial charge on any atom is -0.350 e. The van der Waals surface area contributed by atoms with Crippen molar-refractivity contribution in [3.63, 3.8) is 0 Å². The molecule has 1 heterocycles. The van der Waals surface area contributed by atoms with E-state index < -0.39 is 0 Å². The maximum absolute atomic E-state index is 13.7. The van der Waals surface area contributed by atoms with Gasteiger partial charge in [-0.25, -0.2) is 9.37 Å². The van der Waals surface area contributed by atoms with Crippen molar-refractivity contribution < 1.29 is 9.18 Å². The van der Waals surface area contributed by atoms with Crippen LogP contribution >= 0.6 is 0 Å². The monoisotopic (exact) mass is 377 g/mol. The van der Waals surface area contributed by atoms with E-state index in [-0.39, 0.29) is 24.3 Å². The lowest BCUT2D eigenvalue weighted by Crippen LogP contribution is -2.31. The number of carbonyl (C=O) groups is 1. The second kappa shape index (κ2) is 9.13. The van der Waals surface area contributed by atoms with Crippen molar-refractivity contribution in [1.29, 1.82) is 0 Å². The van der Waals surface area contributed by atoms with Crippen molar-refractivity contribution in [2.75, 3.05) is 4.90 Å². The number of anilines is 1. The normalized spacial score (nSPS) is 10.7. The molecule has 5 heteroatoms. The Hall–Kier alpha value is -3.21. The molecule has 1 N–H and O–H groups in total. The van der Waals surface area contributed by atoms with Crippen molar-refractivity contribution >= 4 is 11.7 Å². The van der Waals surface area contributed by atoms with Gasteiger partial charge >= 0.3 is 0 Å². The Morgan fingerprint density at radius 3 is 2.39 bits per heavy atom. The van der Waals surface area contributed by atoms with E-state index >= 15 is 0 Å². The number of pyridine rings is 1. The minimum atomic E-state index is -0.329. The van der Waals surface area contributed by atoms with Crippen LogP contribution in [0.25, 0.3) is 0 Å². The fraction of sp³-hybridized carbons (Fsp3) is 0.217. The summed E-state index contributed by atoms with van der Waals surface area (Å²) in [4.78, 5) is 19.0. The highest BCUT2D eigenvalue weighted by molar-refractivity contribution is 5.94. The van der Waals surface area contributed by atoms with E-state index in [1.807, 2.05) is 24.3 Å². The predicted octanol–water partition coefficient (Wildman–Crippen LogP) is 4.57. The zero-order chi connectivity index (χ0) is 19.9. The van der Waals surface area contributed by atoms with Crippen LogP contribution in [0, 0.1) is 5.82 Å². The number of hydrogen-bond donors (Lipinski definition) is 1. The van der Waals surface area contributed by atoms with E-state index in [9.17, 15) is 9.18 Å². The van der Waals surface area contributed by atoms with Crippen LogP contribution in [-0.4, -0.2) is 16.9 Å². The summed E-state index contributed by atoms with van der Waals surface area (Å²) in [5, 5.41) is 2.73. The first-order chi connectivity index (χ1) is 13.5. The van der Waals surface area contributed by atoms with E-state index in [0.717, 1.165) is 12.4 Å². The van der Waals surface area contributed by atoms with E-state index in [1.165, 1.54) is 11.6 Å². The largest absolute Gasteiger partial charge is 0.350 e. The molecule has 3 rings (SSSR count). The fourth-order valence-electron chi connectivity index (χ4n) is 2.92. The number of benzene rings is 2. The highest BCUT2D eigenvalue weighted by Crippen LogP contribution is 2.18. The SMILES string of the molecule is CC(C)N(Cc1ccccc1)c1ccc(C(=O)NCc2ccccc2F)cn1. The second-order valence-electron chi connectivity index (χ2n) is 6.89. The van der Waals surface area contributed by atoms with Gasteiger partial charge in [-0.15, -0.1) is 0 Å². The maximum atomic E-state index is 13.7. The smallest absolute Gasteiger partial charge is 0.253 e. The average Bonchev–Trinajstić information content (AvgIpc) is 2.72. The molecule has 0 aliphatic carbocycles. The third-order valence-electron chi connectivity index (χ3n) is 4.52. The molecule has 0 aliphatic heterocycles.